The highest BCUT2D eigenvalue weighted by Crippen LogP contribution is 2.39. The van der Waals surface area contributed by atoms with E-state index in [0.29, 0.717) is 5.82 Å². The van der Waals surface area contributed by atoms with Gasteiger partial charge in [0, 0.05) is 11.1 Å². The van der Waals surface area contributed by atoms with Crippen LogP contribution in [-0.2, 0) is 19.0 Å². The zero-order valence-corrected chi connectivity index (χ0v) is 15.5. The predicted molar refractivity (Wildman–Crippen MR) is 98.0 cm³/mol. The predicted octanol–water partition coefficient (Wildman–Crippen LogP) is 5.70. The minimum Gasteiger partial charge on any atom is -0.490 e. The van der Waals surface area contributed by atoms with Gasteiger partial charge in [-0.2, -0.15) is 18.2 Å². The van der Waals surface area contributed by atoms with E-state index in [1.807, 2.05) is 12.1 Å². The van der Waals surface area contributed by atoms with Crippen molar-refractivity contribution in [2.24, 2.45) is 0 Å². The van der Waals surface area contributed by atoms with E-state index in [2.05, 4.69) is 16.2 Å². The molecule has 146 valence electrons. The van der Waals surface area contributed by atoms with Gasteiger partial charge < -0.3 is 9.26 Å². The van der Waals surface area contributed by atoms with Gasteiger partial charge in [-0.3, -0.25) is 0 Å². The fourth-order valence-corrected chi connectivity index (χ4v) is 3.52. The molecule has 0 unspecified atom stereocenters. The number of aromatic nitrogens is 2. The van der Waals surface area contributed by atoms with Crippen molar-refractivity contribution in [3.05, 3.63) is 53.1 Å². The summed E-state index contributed by atoms with van der Waals surface area (Å²) in [6.45, 7) is 3.35. The lowest BCUT2D eigenvalue weighted by Gasteiger charge is -2.16. The van der Waals surface area contributed by atoms with Crippen LogP contribution in [0.3, 0.4) is 0 Å². The second-order valence-corrected chi connectivity index (χ2v) is 7.10. The maximum absolute atomic E-state index is 13.5. The second-order valence-electron chi connectivity index (χ2n) is 7.10. The van der Waals surface area contributed by atoms with E-state index >= 15 is 0 Å². The molecule has 28 heavy (non-hydrogen) atoms. The normalized spacial score (nSPS) is 13.8. The zero-order chi connectivity index (χ0) is 19.9. The molecule has 1 aromatic heterocycles. The van der Waals surface area contributed by atoms with Crippen LogP contribution in [0.25, 0.3) is 22.8 Å². The number of nitrogens with zero attached hydrogens (tertiary/aromatic N) is 2. The molecule has 1 aliphatic carbocycles. The molecule has 0 saturated heterocycles. The zero-order valence-electron chi connectivity index (χ0n) is 15.5. The number of fused-ring (bicyclic) bond motifs is 1. The molecule has 0 atom stereocenters. The number of hydrogen-bond donors (Lipinski definition) is 0. The summed E-state index contributed by atoms with van der Waals surface area (Å²) in [7, 11) is 0. The number of hydrogen-bond acceptors (Lipinski definition) is 4. The van der Waals surface area contributed by atoms with Crippen LogP contribution in [0.1, 0.15) is 37.0 Å². The van der Waals surface area contributed by atoms with E-state index in [4.69, 9.17) is 9.26 Å². The summed E-state index contributed by atoms with van der Waals surface area (Å²) in [5.41, 5.74) is 2.67. The molecule has 3 aromatic rings. The monoisotopic (exact) mass is 388 g/mol. The summed E-state index contributed by atoms with van der Waals surface area (Å²) in [4.78, 5) is 4.36. The lowest BCUT2D eigenvalue weighted by Crippen LogP contribution is -2.13. The fraction of sp³-hybridized carbons (Fsp3) is 0.333. The van der Waals surface area contributed by atoms with Gasteiger partial charge in [-0.15, -0.1) is 0 Å². The topological polar surface area (TPSA) is 48.2 Å². The minimum atomic E-state index is -4.55. The van der Waals surface area contributed by atoms with E-state index in [1.54, 1.807) is 13.8 Å². The molecule has 1 aliphatic rings. The Kier molecular flexibility index (Phi) is 4.61. The Labute approximate surface area is 160 Å². The Morgan fingerprint density at radius 2 is 1.93 bits per heavy atom. The third kappa shape index (κ3) is 3.48. The molecule has 4 rings (SSSR count). The van der Waals surface area contributed by atoms with Crippen LogP contribution in [0.4, 0.5) is 13.2 Å². The van der Waals surface area contributed by atoms with E-state index < -0.39 is 11.7 Å². The first-order valence-corrected chi connectivity index (χ1v) is 9.16. The van der Waals surface area contributed by atoms with Crippen molar-refractivity contribution in [2.45, 2.75) is 45.4 Å². The molecule has 0 amide bonds. The van der Waals surface area contributed by atoms with Crippen molar-refractivity contribution >= 4 is 0 Å². The summed E-state index contributed by atoms with van der Waals surface area (Å²) in [5.74, 6) is 0.226. The van der Waals surface area contributed by atoms with Crippen LogP contribution >= 0.6 is 0 Å². The largest absolute Gasteiger partial charge is 0.490 e. The highest BCUT2D eigenvalue weighted by atomic mass is 19.4. The molecule has 0 saturated carbocycles. The van der Waals surface area contributed by atoms with E-state index in [9.17, 15) is 13.2 Å². The number of ether oxygens (including phenoxy) is 1. The lowest BCUT2D eigenvalue weighted by atomic mass is 10.0. The molecule has 1 heterocycles. The maximum atomic E-state index is 13.5. The van der Waals surface area contributed by atoms with Gasteiger partial charge in [0.05, 0.1) is 11.7 Å². The van der Waals surface area contributed by atoms with Gasteiger partial charge in [0.15, 0.2) is 0 Å². The molecule has 0 fully saturated rings. The number of alkyl halides is 3. The average molecular weight is 388 g/mol. The van der Waals surface area contributed by atoms with Crippen molar-refractivity contribution < 1.29 is 22.4 Å². The Bertz CT molecular complexity index is 1010. The van der Waals surface area contributed by atoms with Crippen LogP contribution in [0.5, 0.6) is 5.75 Å². The summed E-state index contributed by atoms with van der Waals surface area (Å²) in [6.07, 6.45) is -1.90. The molecule has 4 nitrogen and oxygen atoms in total. The Morgan fingerprint density at radius 3 is 2.68 bits per heavy atom. The smallest absolute Gasteiger partial charge is 0.419 e. The standard InChI is InChI=1S/C21H19F3N2O2/c1-12(2)27-18-10-9-14(11-17(18)21(22,23)24)20-25-19(26-28-20)16-8-4-6-13-5-3-7-15(13)16/h4,6,8-12H,3,5,7H2,1-2H3. The minimum absolute atomic E-state index is 0.0483. The summed E-state index contributed by atoms with van der Waals surface area (Å²) in [6, 6.07) is 9.72. The van der Waals surface area contributed by atoms with E-state index in [1.165, 1.54) is 23.3 Å². The third-order valence-electron chi connectivity index (χ3n) is 4.71. The van der Waals surface area contributed by atoms with E-state index in [0.717, 1.165) is 30.9 Å². The van der Waals surface area contributed by atoms with Gasteiger partial charge in [-0.25, -0.2) is 0 Å². The van der Waals surface area contributed by atoms with Crippen LogP contribution in [-0.4, -0.2) is 16.2 Å². The molecule has 0 spiro atoms. The van der Waals surface area contributed by atoms with Crippen molar-refractivity contribution in [2.75, 3.05) is 0 Å². The quantitative estimate of drug-likeness (QED) is 0.575. The fourth-order valence-electron chi connectivity index (χ4n) is 3.52. The summed E-state index contributed by atoms with van der Waals surface area (Å²) in [5, 5.41) is 4.00. The van der Waals surface area contributed by atoms with Gasteiger partial charge in [0.1, 0.15) is 5.75 Å². The molecular formula is C21H19F3N2O2. The van der Waals surface area contributed by atoms with Gasteiger partial charge in [-0.1, -0.05) is 23.4 Å². The van der Waals surface area contributed by atoms with Crippen molar-refractivity contribution in [1.29, 1.82) is 0 Å². The molecule has 0 radical (unpaired) electrons. The first-order chi connectivity index (χ1) is 13.3. The molecular weight excluding hydrogens is 369 g/mol. The second kappa shape index (κ2) is 6.96. The van der Waals surface area contributed by atoms with Gasteiger partial charge in [0.2, 0.25) is 5.82 Å². The van der Waals surface area contributed by atoms with Gasteiger partial charge in [0.25, 0.3) is 5.89 Å². The molecule has 0 bridgehead atoms. The first-order valence-electron chi connectivity index (χ1n) is 9.16. The lowest BCUT2D eigenvalue weighted by molar-refractivity contribution is -0.139. The van der Waals surface area contributed by atoms with Crippen LogP contribution < -0.4 is 4.74 Å². The average Bonchev–Trinajstić information content (AvgIpc) is 3.30. The number of rotatable bonds is 4. The third-order valence-corrected chi connectivity index (χ3v) is 4.71. The van der Waals surface area contributed by atoms with Crippen LogP contribution in [0.2, 0.25) is 0 Å². The Hall–Kier alpha value is -2.83. The van der Waals surface area contributed by atoms with Crippen molar-refractivity contribution in [3.63, 3.8) is 0 Å². The maximum Gasteiger partial charge on any atom is 0.419 e. The first kappa shape index (κ1) is 18.5. The number of aryl methyl sites for hydroxylation is 1. The van der Waals surface area contributed by atoms with Crippen molar-refractivity contribution in [3.8, 4) is 28.6 Å². The molecule has 0 N–H and O–H groups in total. The molecule has 7 heteroatoms. The highest BCUT2D eigenvalue weighted by Gasteiger charge is 2.35. The highest BCUT2D eigenvalue weighted by molar-refractivity contribution is 5.66. The van der Waals surface area contributed by atoms with Crippen LogP contribution in [0.15, 0.2) is 40.9 Å². The SMILES string of the molecule is CC(C)Oc1ccc(-c2nc(-c3cccc4c3CCC4)no2)cc1C(F)(F)F. The molecule has 2 aromatic carbocycles. The van der Waals surface area contributed by atoms with Gasteiger partial charge >= 0.3 is 6.18 Å². The number of halogens is 3. The van der Waals surface area contributed by atoms with Crippen molar-refractivity contribution in [1.82, 2.24) is 10.1 Å². The van der Waals surface area contributed by atoms with Crippen LogP contribution in [0, 0.1) is 0 Å². The Morgan fingerprint density at radius 1 is 1.11 bits per heavy atom. The molecule has 0 aliphatic heterocycles. The summed E-state index contributed by atoms with van der Waals surface area (Å²) >= 11 is 0. The summed E-state index contributed by atoms with van der Waals surface area (Å²) < 4.78 is 51.0. The Balaban J connectivity index is 1.72. The van der Waals surface area contributed by atoms with Gasteiger partial charge in [-0.05, 0) is 62.4 Å². The van der Waals surface area contributed by atoms with E-state index in [-0.39, 0.29) is 23.3 Å². The number of benzene rings is 2.